The van der Waals surface area contributed by atoms with Crippen LogP contribution >= 0.6 is 82.3 Å². The summed E-state index contributed by atoms with van der Waals surface area (Å²) in [5, 5.41) is 61.6. The minimum atomic E-state index is -1.11. The van der Waals surface area contributed by atoms with Crippen LogP contribution in [0, 0.1) is 0 Å². The molecule has 0 aliphatic rings. The van der Waals surface area contributed by atoms with E-state index >= 15 is 0 Å². The summed E-state index contributed by atoms with van der Waals surface area (Å²) in [5.74, 6) is 7.17. The Balaban J connectivity index is -0.000000411. The number of aliphatic hydroxyl groups excluding tert-OH is 6. The first-order valence-electron chi connectivity index (χ1n) is 27.9. The van der Waals surface area contributed by atoms with E-state index in [-0.39, 0.29) is 109 Å². The van der Waals surface area contributed by atoms with Crippen LogP contribution < -0.4 is 56.1 Å². The first-order chi connectivity index (χ1) is 41.9. The zero-order valence-electron chi connectivity index (χ0n) is 51.2. The molecule has 4 heterocycles. The molecule has 6 atom stereocenters. The van der Waals surface area contributed by atoms with Crippen LogP contribution in [-0.2, 0) is 58.9 Å². The third-order valence-corrected chi connectivity index (χ3v) is 19.0. The van der Waals surface area contributed by atoms with Crippen molar-refractivity contribution in [2.45, 2.75) is 190 Å². The Kier molecular flexibility index (Phi) is 54.9. The second-order valence-corrected chi connectivity index (χ2v) is 26.7. The van der Waals surface area contributed by atoms with E-state index in [4.69, 9.17) is 0 Å². The molecule has 4 rings (SSSR count). The lowest BCUT2D eigenvalue weighted by molar-refractivity contribution is 0.140. The highest BCUT2D eigenvalue weighted by Gasteiger charge is 2.23. The maximum absolute atomic E-state index is 12.8. The van der Waals surface area contributed by atoms with Crippen LogP contribution in [0.1, 0.15) is 84.6 Å². The summed E-state index contributed by atoms with van der Waals surface area (Å²) in [7, 11) is 3.60. The first-order valence-corrected chi connectivity index (χ1v) is 36.4. The van der Waals surface area contributed by atoms with Gasteiger partial charge in [0.15, 0.2) is 10.3 Å². The Morgan fingerprint density at radius 3 is 0.915 bits per heavy atom. The monoisotopic (exact) mass is 1470 g/mol. The number of hydrogen-bond donors (Lipinski definition) is 6. The molecule has 0 saturated heterocycles. The summed E-state index contributed by atoms with van der Waals surface area (Å²) >= 11 is 11.0. The van der Waals surface area contributed by atoms with Gasteiger partial charge in [-0.2, -0.15) is 73.8 Å². The lowest BCUT2D eigenvalue weighted by Gasteiger charge is -2.17. The Hall–Kier alpha value is -4.53. The van der Waals surface area contributed by atoms with Crippen molar-refractivity contribution in [3.63, 3.8) is 0 Å². The number of hydrogen-bond acceptors (Lipinski definition) is 26. The lowest BCUT2D eigenvalue weighted by Crippen LogP contribution is -2.56. The van der Waals surface area contributed by atoms with Gasteiger partial charge in [0.2, 0.25) is 5.95 Å². The summed E-state index contributed by atoms with van der Waals surface area (Å²) in [6.07, 6.45) is 5.47. The van der Waals surface area contributed by atoms with Gasteiger partial charge in [-0.15, -0.1) is 19.7 Å². The number of nitrogens with zero attached hydrogens (tertiary/aromatic N) is 13. The molecule has 0 aliphatic heterocycles. The summed E-state index contributed by atoms with van der Waals surface area (Å²) in [6, 6.07) is 0. The van der Waals surface area contributed by atoms with Crippen molar-refractivity contribution in [1.82, 2.24) is 56.1 Å². The van der Waals surface area contributed by atoms with Crippen molar-refractivity contribution in [2.75, 3.05) is 89.5 Å². The number of aromatic nitrogens is 12. The number of aliphatic hydroxyl groups is 6. The van der Waals surface area contributed by atoms with Crippen LogP contribution in [0.4, 0.5) is 5.95 Å². The molecule has 0 aliphatic carbocycles. The normalized spacial score (nSPS) is 12.4. The van der Waals surface area contributed by atoms with E-state index in [1.165, 1.54) is 41.8 Å². The van der Waals surface area contributed by atoms with Gasteiger partial charge in [-0.1, -0.05) is 107 Å². The van der Waals surface area contributed by atoms with Gasteiger partial charge in [0, 0.05) is 65.9 Å². The van der Waals surface area contributed by atoms with E-state index in [1.807, 2.05) is 36.0 Å². The molecule has 94 heavy (non-hydrogen) atoms. The quantitative estimate of drug-likeness (QED) is 0.0212. The fourth-order valence-corrected chi connectivity index (χ4v) is 13.1. The second kappa shape index (κ2) is 52.6. The third kappa shape index (κ3) is 31.3. The highest BCUT2D eigenvalue weighted by Crippen LogP contribution is 2.21. The summed E-state index contributed by atoms with van der Waals surface area (Å²) in [4.78, 5) is 128. The van der Waals surface area contributed by atoms with Crippen molar-refractivity contribution >= 4 is 88.3 Å². The molecular weight excluding hydrogens is 1360 g/mol. The minimum absolute atomic E-state index is 0. The number of anilines is 1. The van der Waals surface area contributed by atoms with Gasteiger partial charge in [0.1, 0.15) is 0 Å². The largest absolute Gasteiger partial charge is 0.391 e. The molecule has 0 radical (unpaired) electrons. The molecule has 0 fully saturated rings. The topological polar surface area (TPSA) is 361 Å². The Labute approximate surface area is 583 Å². The van der Waals surface area contributed by atoms with Crippen molar-refractivity contribution in [1.29, 1.82) is 0 Å². The second-order valence-electron chi connectivity index (χ2n) is 19.4. The van der Waals surface area contributed by atoms with Gasteiger partial charge < -0.3 is 35.5 Å². The summed E-state index contributed by atoms with van der Waals surface area (Å²) in [5.41, 5.74) is -7.33. The van der Waals surface area contributed by atoms with Crippen LogP contribution in [0.3, 0.4) is 0 Å². The Morgan fingerprint density at radius 1 is 0.383 bits per heavy atom. The van der Waals surface area contributed by atoms with E-state index < -0.39 is 87.8 Å². The van der Waals surface area contributed by atoms with E-state index in [1.54, 1.807) is 63.3 Å². The molecule has 0 amide bonds. The van der Waals surface area contributed by atoms with Crippen LogP contribution in [0.5, 0.6) is 0 Å². The molecule has 4 aromatic heterocycles. The van der Waals surface area contributed by atoms with E-state index in [9.17, 15) is 73.8 Å². The smallest absolute Gasteiger partial charge is 0.336 e. The maximum atomic E-state index is 12.8. The van der Waals surface area contributed by atoms with Crippen molar-refractivity contribution in [3.05, 3.63) is 132 Å². The molecule has 28 nitrogen and oxygen atoms in total. The summed E-state index contributed by atoms with van der Waals surface area (Å²) in [6.45, 7) is 14.1. The van der Waals surface area contributed by atoms with Gasteiger partial charge in [-0.05, 0) is 38.0 Å². The standard InChI is InChI=1S/C19H29N7O5S2.C18H31N3O5S3.C16H27N3O5S2.6CH4/c1-6-8-24-17(29)25(9-12(27)7-2)19(31)26(18(24)30)10-13(28)11-33-16-21-14(23(3)4)20-15(22-16)32-5;1-4-6-19-16(24)20(11-14(22)5-2)18(26)21(17(19)25)12-15(23)13-29-10-9-28-8-7-27-3;1-4-6-17-14(22)18(9-12(20)5-2)16(24)19(15(17)23)10-13(21)11-26-8-7-25-3;;;;;;/h6,12-13,27-28H,1,7-11H2,2-5H3;4,14-15,22-23H,1,5-13H2,2-3H3;4,12-13,20-21H,1,5-11H2,2-3H3;6*1H4. The van der Waals surface area contributed by atoms with Crippen LogP contribution in [0.15, 0.2) is 91.4 Å². The third-order valence-electron chi connectivity index (χ3n) is 12.3. The number of allylic oxidation sites excluding steroid dienone is 3. The molecule has 6 unspecified atom stereocenters. The SMILES string of the molecule is C.C.C.C.C.C.C=CCn1c(=O)n(CC(O)CC)c(=O)n(CC(O)CSCCSC)c1=O.C=CCn1c(=O)n(CC(O)CC)c(=O)n(CC(O)CSCCSCCSC)c1=O.C=CCn1c(=O)n(CC(O)CC)c(=O)n(CC(O)CSc2nc(SC)nc(N(C)C)n2)c1=O. The average molecular weight is 1470 g/mol. The minimum Gasteiger partial charge on any atom is -0.391 e. The van der Waals surface area contributed by atoms with Gasteiger partial charge in [0.05, 0.1) is 95.5 Å². The molecule has 6 N–H and O–H groups in total. The molecule has 544 valence electrons. The molecule has 0 saturated carbocycles. The van der Waals surface area contributed by atoms with Gasteiger partial charge in [0.25, 0.3) is 0 Å². The highest BCUT2D eigenvalue weighted by molar-refractivity contribution is 8.04. The van der Waals surface area contributed by atoms with Crippen LogP contribution in [0.2, 0.25) is 0 Å². The zero-order chi connectivity index (χ0) is 66.2. The maximum Gasteiger partial charge on any atom is 0.336 e. The van der Waals surface area contributed by atoms with Gasteiger partial charge >= 0.3 is 51.2 Å². The van der Waals surface area contributed by atoms with E-state index in [0.717, 1.165) is 87.4 Å². The molecular formula is C59H111N13O15S7. The van der Waals surface area contributed by atoms with Gasteiger partial charge in [-0.3, -0.25) is 0 Å². The summed E-state index contributed by atoms with van der Waals surface area (Å²) < 4.78 is 7.62. The molecule has 0 aromatic carbocycles. The highest BCUT2D eigenvalue weighted by atomic mass is 32.2. The zero-order valence-corrected chi connectivity index (χ0v) is 56.9. The number of thioether (sulfide) groups is 7. The van der Waals surface area contributed by atoms with Gasteiger partial charge in [-0.25, -0.2) is 84.3 Å². The van der Waals surface area contributed by atoms with Crippen molar-refractivity contribution < 1.29 is 30.6 Å². The fraction of sp³-hybridized carbons (Fsp3) is 0.695. The first kappa shape index (κ1) is 98.1. The van der Waals surface area contributed by atoms with Crippen molar-refractivity contribution in [2.24, 2.45) is 0 Å². The van der Waals surface area contributed by atoms with Crippen LogP contribution in [-0.4, -0.2) is 208 Å². The fourth-order valence-electron chi connectivity index (χ4n) is 7.45. The molecule has 0 bridgehead atoms. The van der Waals surface area contributed by atoms with Crippen molar-refractivity contribution in [3.8, 4) is 0 Å². The molecule has 0 spiro atoms. The Bertz CT molecular complexity index is 3400. The van der Waals surface area contributed by atoms with E-state index in [0.29, 0.717) is 47.0 Å². The Morgan fingerprint density at radius 2 is 0.638 bits per heavy atom. The predicted molar refractivity (Wildman–Crippen MR) is 401 cm³/mol. The average Bonchev–Trinajstić information content (AvgIpc) is 0.802. The molecule has 35 heteroatoms. The number of rotatable bonds is 39. The lowest BCUT2D eigenvalue weighted by atomic mass is 10.3. The van der Waals surface area contributed by atoms with E-state index in [2.05, 4.69) is 40.9 Å². The predicted octanol–water partition coefficient (Wildman–Crippen LogP) is 2.98. The molecule has 4 aromatic rings. The van der Waals surface area contributed by atoms with Crippen LogP contribution in [0.25, 0.3) is 0 Å².